The summed E-state index contributed by atoms with van der Waals surface area (Å²) in [5, 5.41) is 3.88. The van der Waals surface area contributed by atoms with Gasteiger partial charge in [-0.15, -0.1) is 0 Å². The summed E-state index contributed by atoms with van der Waals surface area (Å²) < 4.78 is 5.96. The highest BCUT2D eigenvalue weighted by Gasteiger charge is 2.57. The molecule has 1 saturated carbocycles. The smallest absolute Gasteiger partial charge is 0.0684 e. The molecule has 0 aromatic rings. The van der Waals surface area contributed by atoms with Crippen LogP contribution in [0.15, 0.2) is 0 Å². The highest BCUT2D eigenvalue weighted by atomic mass is 16.5. The van der Waals surface area contributed by atoms with E-state index in [4.69, 9.17) is 4.74 Å². The van der Waals surface area contributed by atoms with Crippen molar-refractivity contribution in [3.63, 3.8) is 0 Å². The lowest BCUT2D eigenvalue weighted by atomic mass is 9.55. The van der Waals surface area contributed by atoms with Crippen LogP contribution >= 0.6 is 0 Å². The summed E-state index contributed by atoms with van der Waals surface area (Å²) in [6.45, 7) is 10.3. The molecule has 1 heterocycles. The van der Waals surface area contributed by atoms with Crippen LogP contribution in [0.1, 0.15) is 66.2 Å². The largest absolute Gasteiger partial charge is 0.377 e. The van der Waals surface area contributed by atoms with Crippen LogP contribution in [-0.4, -0.2) is 24.8 Å². The standard InChI is InChI=1S/C16H31NO/c1-5-6-7-9-12(2)17-14-13-10-8-11-18-15(13)16(14,3)4/h12-15,17H,5-11H2,1-4H3. The van der Waals surface area contributed by atoms with Gasteiger partial charge in [0.2, 0.25) is 0 Å². The molecule has 0 aromatic carbocycles. The number of rotatable bonds is 6. The molecule has 4 atom stereocenters. The Morgan fingerprint density at radius 2 is 2.11 bits per heavy atom. The Kier molecular flexibility index (Phi) is 4.71. The first-order valence-electron chi connectivity index (χ1n) is 7.95. The van der Waals surface area contributed by atoms with E-state index in [0.717, 1.165) is 12.5 Å². The summed E-state index contributed by atoms with van der Waals surface area (Å²) >= 11 is 0. The summed E-state index contributed by atoms with van der Waals surface area (Å²) in [7, 11) is 0. The van der Waals surface area contributed by atoms with Gasteiger partial charge >= 0.3 is 0 Å². The second-order valence-corrected chi connectivity index (χ2v) is 6.96. The minimum Gasteiger partial charge on any atom is -0.377 e. The molecular formula is C16H31NO. The van der Waals surface area contributed by atoms with Crippen LogP contribution in [-0.2, 0) is 4.74 Å². The molecule has 0 bridgehead atoms. The molecule has 0 aromatic heterocycles. The summed E-state index contributed by atoms with van der Waals surface area (Å²) in [6.07, 6.45) is 8.48. The Morgan fingerprint density at radius 3 is 2.83 bits per heavy atom. The second kappa shape index (κ2) is 5.92. The summed E-state index contributed by atoms with van der Waals surface area (Å²) in [6, 6.07) is 1.32. The molecular weight excluding hydrogens is 222 g/mol. The van der Waals surface area contributed by atoms with Gasteiger partial charge in [-0.05, 0) is 26.2 Å². The van der Waals surface area contributed by atoms with Gasteiger partial charge in [0.1, 0.15) is 0 Å². The van der Waals surface area contributed by atoms with Crippen molar-refractivity contribution >= 4 is 0 Å². The van der Waals surface area contributed by atoms with E-state index in [1.807, 2.05) is 0 Å². The van der Waals surface area contributed by atoms with Crippen LogP contribution in [0.4, 0.5) is 0 Å². The van der Waals surface area contributed by atoms with E-state index in [1.54, 1.807) is 0 Å². The van der Waals surface area contributed by atoms with Crippen LogP contribution in [0.25, 0.3) is 0 Å². The summed E-state index contributed by atoms with van der Waals surface area (Å²) in [4.78, 5) is 0. The van der Waals surface area contributed by atoms with Gasteiger partial charge in [-0.1, -0.05) is 40.0 Å². The topological polar surface area (TPSA) is 21.3 Å². The van der Waals surface area contributed by atoms with Gasteiger partial charge in [-0.3, -0.25) is 0 Å². The molecule has 0 radical (unpaired) electrons. The van der Waals surface area contributed by atoms with Gasteiger partial charge in [-0.25, -0.2) is 0 Å². The predicted molar refractivity (Wildman–Crippen MR) is 76.8 cm³/mol. The van der Waals surface area contributed by atoms with Crippen molar-refractivity contribution in [3.05, 3.63) is 0 Å². The molecule has 1 N–H and O–H groups in total. The third-order valence-corrected chi connectivity index (χ3v) is 5.04. The molecule has 0 amide bonds. The SMILES string of the molecule is CCCCCC(C)NC1C2CCCOC2C1(C)C. The number of hydrogen-bond acceptors (Lipinski definition) is 2. The monoisotopic (exact) mass is 253 g/mol. The average molecular weight is 253 g/mol. The minimum atomic E-state index is 0.324. The van der Waals surface area contributed by atoms with E-state index in [-0.39, 0.29) is 0 Å². The lowest BCUT2D eigenvalue weighted by Crippen LogP contribution is -2.70. The zero-order valence-corrected chi connectivity index (χ0v) is 12.7. The van der Waals surface area contributed by atoms with E-state index in [0.29, 0.717) is 23.6 Å². The molecule has 106 valence electrons. The first-order chi connectivity index (χ1) is 8.57. The molecule has 2 fully saturated rings. The van der Waals surface area contributed by atoms with Crippen LogP contribution in [0.3, 0.4) is 0 Å². The van der Waals surface area contributed by atoms with E-state index >= 15 is 0 Å². The molecule has 2 aliphatic rings. The normalized spacial score (nSPS) is 35.7. The Balaban J connectivity index is 1.81. The zero-order chi connectivity index (χ0) is 13.2. The number of unbranched alkanes of at least 4 members (excludes halogenated alkanes) is 2. The minimum absolute atomic E-state index is 0.324. The van der Waals surface area contributed by atoms with E-state index in [2.05, 4.69) is 33.0 Å². The van der Waals surface area contributed by atoms with Crippen molar-refractivity contribution in [2.75, 3.05) is 6.61 Å². The van der Waals surface area contributed by atoms with Crippen LogP contribution in [0.2, 0.25) is 0 Å². The maximum atomic E-state index is 5.96. The van der Waals surface area contributed by atoms with Crippen LogP contribution in [0, 0.1) is 11.3 Å². The van der Waals surface area contributed by atoms with Gasteiger partial charge in [0.05, 0.1) is 6.10 Å². The molecule has 1 aliphatic heterocycles. The number of fused-ring (bicyclic) bond motifs is 1. The predicted octanol–water partition coefficient (Wildman–Crippen LogP) is 3.75. The van der Waals surface area contributed by atoms with Crippen molar-refractivity contribution in [1.82, 2.24) is 5.32 Å². The van der Waals surface area contributed by atoms with Gasteiger partial charge in [0.15, 0.2) is 0 Å². The van der Waals surface area contributed by atoms with Crippen LogP contribution in [0.5, 0.6) is 0 Å². The van der Waals surface area contributed by atoms with E-state index < -0.39 is 0 Å². The fourth-order valence-corrected chi connectivity index (χ4v) is 3.95. The van der Waals surface area contributed by atoms with Crippen molar-refractivity contribution in [3.8, 4) is 0 Å². The first-order valence-corrected chi connectivity index (χ1v) is 7.95. The Morgan fingerprint density at radius 1 is 1.33 bits per heavy atom. The van der Waals surface area contributed by atoms with Crippen molar-refractivity contribution in [2.24, 2.45) is 11.3 Å². The Bertz CT molecular complexity index is 264. The second-order valence-electron chi connectivity index (χ2n) is 6.96. The quantitative estimate of drug-likeness (QED) is 0.728. The molecule has 2 heteroatoms. The van der Waals surface area contributed by atoms with Crippen LogP contribution < -0.4 is 5.32 Å². The molecule has 0 spiro atoms. The van der Waals surface area contributed by atoms with E-state index in [9.17, 15) is 0 Å². The lowest BCUT2D eigenvalue weighted by Gasteiger charge is -2.60. The zero-order valence-electron chi connectivity index (χ0n) is 12.7. The highest BCUT2D eigenvalue weighted by molar-refractivity contribution is 5.10. The van der Waals surface area contributed by atoms with Gasteiger partial charge in [0.25, 0.3) is 0 Å². The summed E-state index contributed by atoms with van der Waals surface area (Å²) in [5.41, 5.74) is 0.324. The van der Waals surface area contributed by atoms with Gasteiger partial charge in [0, 0.05) is 30.0 Å². The number of nitrogens with one attached hydrogen (secondary N) is 1. The summed E-state index contributed by atoms with van der Waals surface area (Å²) in [5.74, 6) is 0.766. The van der Waals surface area contributed by atoms with Gasteiger partial charge in [-0.2, -0.15) is 0 Å². The van der Waals surface area contributed by atoms with E-state index in [1.165, 1.54) is 38.5 Å². The third-order valence-electron chi connectivity index (χ3n) is 5.04. The Hall–Kier alpha value is -0.0800. The molecule has 1 saturated heterocycles. The maximum absolute atomic E-state index is 5.96. The molecule has 4 unspecified atom stereocenters. The highest BCUT2D eigenvalue weighted by Crippen LogP contribution is 2.51. The number of ether oxygens (including phenoxy) is 1. The van der Waals surface area contributed by atoms with Gasteiger partial charge < -0.3 is 10.1 Å². The molecule has 18 heavy (non-hydrogen) atoms. The fraction of sp³-hybridized carbons (Fsp3) is 1.00. The fourth-order valence-electron chi connectivity index (χ4n) is 3.95. The Labute approximate surface area is 113 Å². The lowest BCUT2D eigenvalue weighted by molar-refractivity contribution is -0.194. The maximum Gasteiger partial charge on any atom is 0.0684 e. The molecule has 1 aliphatic carbocycles. The average Bonchev–Trinajstić information content (AvgIpc) is 2.36. The molecule has 2 rings (SSSR count). The number of hydrogen-bond donors (Lipinski definition) is 1. The van der Waals surface area contributed by atoms with Crippen molar-refractivity contribution < 1.29 is 4.74 Å². The molecule has 2 nitrogen and oxygen atoms in total. The van der Waals surface area contributed by atoms with Crippen molar-refractivity contribution in [2.45, 2.75) is 84.4 Å². The first kappa shape index (κ1) is 14.3. The van der Waals surface area contributed by atoms with Crippen molar-refractivity contribution in [1.29, 1.82) is 0 Å². The third kappa shape index (κ3) is 2.75.